The zero-order valence-corrected chi connectivity index (χ0v) is 8.54. The van der Waals surface area contributed by atoms with Crippen molar-refractivity contribution < 1.29 is 19.8 Å². The van der Waals surface area contributed by atoms with Gasteiger partial charge in [0.05, 0.1) is 12.8 Å². The Kier molecular flexibility index (Phi) is 2.56. The van der Waals surface area contributed by atoms with Crippen molar-refractivity contribution in [2.45, 2.75) is 39.5 Å². The molecule has 0 bridgehead atoms. The van der Waals surface area contributed by atoms with Crippen molar-refractivity contribution >= 4 is 11.9 Å². The van der Waals surface area contributed by atoms with Gasteiger partial charge < -0.3 is 10.2 Å². The molecule has 0 radical (unpaired) electrons. The molecule has 14 heavy (non-hydrogen) atoms. The van der Waals surface area contributed by atoms with E-state index in [1.54, 1.807) is 0 Å². The Morgan fingerprint density at radius 2 is 1.29 bits per heavy atom. The maximum Gasteiger partial charge on any atom is 0.303 e. The molecule has 0 unspecified atom stereocenters. The number of hydrogen-bond acceptors (Lipinski definition) is 2. The first-order valence-electron chi connectivity index (χ1n) is 4.73. The van der Waals surface area contributed by atoms with Crippen molar-refractivity contribution in [3.8, 4) is 0 Å². The third kappa shape index (κ3) is 1.74. The lowest BCUT2D eigenvalue weighted by molar-refractivity contribution is -0.158. The van der Waals surface area contributed by atoms with Gasteiger partial charge in [0.15, 0.2) is 0 Å². The van der Waals surface area contributed by atoms with Crippen LogP contribution in [0.15, 0.2) is 0 Å². The third-order valence-electron chi connectivity index (χ3n) is 3.77. The Morgan fingerprint density at radius 3 is 1.43 bits per heavy atom. The van der Waals surface area contributed by atoms with Gasteiger partial charge in [0, 0.05) is 0 Å². The van der Waals surface area contributed by atoms with Gasteiger partial charge in [-0.1, -0.05) is 13.8 Å². The molecule has 80 valence electrons. The van der Waals surface area contributed by atoms with E-state index in [0.717, 1.165) is 12.8 Å². The van der Waals surface area contributed by atoms with Gasteiger partial charge in [-0.25, -0.2) is 0 Å². The molecule has 0 saturated heterocycles. The lowest BCUT2D eigenvalue weighted by Gasteiger charge is -2.55. The van der Waals surface area contributed by atoms with E-state index in [1.807, 2.05) is 13.8 Å². The number of rotatable bonds is 4. The zero-order valence-electron chi connectivity index (χ0n) is 8.54. The van der Waals surface area contributed by atoms with E-state index in [0.29, 0.717) is 0 Å². The highest BCUT2D eigenvalue weighted by atomic mass is 16.4. The first-order valence-corrected chi connectivity index (χ1v) is 4.73. The molecule has 0 aromatic heterocycles. The van der Waals surface area contributed by atoms with Crippen LogP contribution in [0.5, 0.6) is 0 Å². The van der Waals surface area contributed by atoms with E-state index in [2.05, 4.69) is 0 Å². The number of carboxylic acid groups (broad SMARTS) is 2. The largest absolute Gasteiger partial charge is 0.481 e. The average Bonchev–Trinajstić information content (AvgIpc) is 2.00. The maximum absolute atomic E-state index is 10.6. The first kappa shape index (κ1) is 11.0. The van der Waals surface area contributed by atoms with Crippen LogP contribution in [0.25, 0.3) is 0 Å². The van der Waals surface area contributed by atoms with Gasteiger partial charge in [-0.15, -0.1) is 0 Å². The Morgan fingerprint density at radius 1 is 1.00 bits per heavy atom. The van der Waals surface area contributed by atoms with Crippen molar-refractivity contribution in [2.24, 2.45) is 10.8 Å². The number of hydrogen-bond donors (Lipinski definition) is 2. The van der Waals surface area contributed by atoms with Crippen molar-refractivity contribution in [1.82, 2.24) is 0 Å². The van der Waals surface area contributed by atoms with Gasteiger partial charge in [-0.05, 0) is 23.7 Å². The van der Waals surface area contributed by atoms with Crippen molar-refractivity contribution in [3.05, 3.63) is 0 Å². The van der Waals surface area contributed by atoms with Crippen molar-refractivity contribution in [3.63, 3.8) is 0 Å². The topological polar surface area (TPSA) is 74.6 Å². The fourth-order valence-corrected chi connectivity index (χ4v) is 2.25. The van der Waals surface area contributed by atoms with Gasteiger partial charge in [0.2, 0.25) is 0 Å². The fraction of sp³-hybridized carbons (Fsp3) is 0.800. The van der Waals surface area contributed by atoms with Crippen LogP contribution in [-0.4, -0.2) is 22.2 Å². The monoisotopic (exact) mass is 200 g/mol. The standard InChI is InChI=1S/C10H16O4/c1-9(5-7(11)12)3-4-10(9,2)6-8(13)14/h3-6H2,1-2H3,(H,11,12)(H,13,14)/t9-,10+. The third-order valence-corrected chi connectivity index (χ3v) is 3.77. The molecule has 0 aliphatic heterocycles. The summed E-state index contributed by atoms with van der Waals surface area (Å²) in [6.45, 7) is 3.74. The van der Waals surface area contributed by atoms with Crippen LogP contribution >= 0.6 is 0 Å². The first-order chi connectivity index (χ1) is 6.29. The summed E-state index contributed by atoms with van der Waals surface area (Å²) in [6.07, 6.45) is 1.75. The molecule has 0 spiro atoms. The van der Waals surface area contributed by atoms with Crippen LogP contribution in [-0.2, 0) is 9.59 Å². The molecule has 0 amide bonds. The molecule has 1 aliphatic rings. The second-order valence-electron chi connectivity index (χ2n) is 4.76. The Labute approximate surface area is 82.9 Å². The molecule has 1 aliphatic carbocycles. The second kappa shape index (κ2) is 3.26. The molecule has 4 heteroatoms. The van der Waals surface area contributed by atoms with Crippen molar-refractivity contribution in [2.75, 3.05) is 0 Å². The summed E-state index contributed by atoms with van der Waals surface area (Å²) >= 11 is 0. The molecule has 2 atom stereocenters. The molecule has 0 heterocycles. The lowest BCUT2D eigenvalue weighted by Crippen LogP contribution is -2.49. The predicted molar refractivity (Wildman–Crippen MR) is 50.0 cm³/mol. The molecule has 0 aromatic carbocycles. The molecule has 2 N–H and O–H groups in total. The summed E-state index contributed by atoms with van der Waals surface area (Å²) in [5.41, 5.74) is -0.700. The quantitative estimate of drug-likeness (QED) is 0.724. The van der Waals surface area contributed by atoms with Crippen LogP contribution in [0.2, 0.25) is 0 Å². The summed E-state index contributed by atoms with van der Waals surface area (Å²) in [4.78, 5) is 21.3. The number of carboxylic acids is 2. The molecular weight excluding hydrogens is 184 g/mol. The van der Waals surface area contributed by atoms with Gasteiger partial charge in [0.25, 0.3) is 0 Å². The van der Waals surface area contributed by atoms with E-state index in [4.69, 9.17) is 10.2 Å². The Bertz CT molecular complexity index is 245. The maximum atomic E-state index is 10.6. The van der Waals surface area contributed by atoms with Crippen LogP contribution < -0.4 is 0 Å². The van der Waals surface area contributed by atoms with Crippen LogP contribution in [0.3, 0.4) is 0 Å². The molecule has 1 rings (SSSR count). The van der Waals surface area contributed by atoms with Gasteiger partial charge in [-0.2, -0.15) is 0 Å². The number of carbonyl (C=O) groups is 2. The normalized spacial score (nSPS) is 36.1. The Hall–Kier alpha value is -1.06. The molecule has 4 nitrogen and oxygen atoms in total. The van der Waals surface area contributed by atoms with E-state index in [-0.39, 0.29) is 23.7 Å². The van der Waals surface area contributed by atoms with E-state index in [9.17, 15) is 9.59 Å². The van der Waals surface area contributed by atoms with E-state index < -0.39 is 11.9 Å². The van der Waals surface area contributed by atoms with E-state index in [1.165, 1.54) is 0 Å². The predicted octanol–water partition coefficient (Wildman–Crippen LogP) is 1.74. The van der Waals surface area contributed by atoms with Gasteiger partial charge >= 0.3 is 11.9 Å². The highest BCUT2D eigenvalue weighted by molar-refractivity contribution is 5.70. The van der Waals surface area contributed by atoms with Crippen LogP contribution in [0, 0.1) is 10.8 Å². The number of aliphatic carboxylic acids is 2. The summed E-state index contributed by atoms with van der Waals surface area (Å²) in [7, 11) is 0. The highest BCUT2D eigenvalue weighted by Gasteiger charge is 2.54. The minimum absolute atomic E-state index is 0.0662. The Balaban J connectivity index is 2.71. The van der Waals surface area contributed by atoms with Gasteiger partial charge in [0.1, 0.15) is 0 Å². The molecule has 0 aromatic rings. The van der Waals surface area contributed by atoms with Crippen LogP contribution in [0.4, 0.5) is 0 Å². The SMILES string of the molecule is C[C@@]1(CC(=O)O)CC[C@]1(C)CC(=O)O. The average molecular weight is 200 g/mol. The summed E-state index contributed by atoms with van der Waals surface area (Å²) < 4.78 is 0. The highest BCUT2D eigenvalue weighted by Crippen LogP contribution is 2.60. The lowest BCUT2D eigenvalue weighted by atomic mass is 9.48. The molecule has 1 fully saturated rings. The minimum Gasteiger partial charge on any atom is -0.481 e. The van der Waals surface area contributed by atoms with E-state index >= 15 is 0 Å². The zero-order chi connectivity index (χ0) is 11.0. The smallest absolute Gasteiger partial charge is 0.303 e. The van der Waals surface area contributed by atoms with Crippen molar-refractivity contribution in [1.29, 1.82) is 0 Å². The summed E-state index contributed by atoms with van der Waals surface area (Å²) in [5.74, 6) is -1.69. The summed E-state index contributed by atoms with van der Waals surface area (Å²) in [5, 5.41) is 17.5. The molecule has 1 saturated carbocycles. The molecular formula is C10H16O4. The summed E-state index contributed by atoms with van der Waals surface area (Å²) in [6, 6.07) is 0. The van der Waals surface area contributed by atoms with Gasteiger partial charge in [-0.3, -0.25) is 9.59 Å². The fourth-order valence-electron chi connectivity index (χ4n) is 2.25. The van der Waals surface area contributed by atoms with Crippen LogP contribution in [0.1, 0.15) is 39.5 Å². The second-order valence-corrected chi connectivity index (χ2v) is 4.76. The minimum atomic E-state index is -0.844.